The zero-order chi connectivity index (χ0) is 11.1. The third-order valence-electron chi connectivity index (χ3n) is 2.74. The van der Waals surface area contributed by atoms with Crippen LogP contribution in [0.1, 0.15) is 49.8 Å². The first-order valence-corrected chi connectivity index (χ1v) is 5.86. The van der Waals surface area contributed by atoms with Crippen LogP contribution in [0.4, 0.5) is 0 Å². The molecule has 0 spiro atoms. The maximum absolute atomic E-state index is 4.24. The molecule has 1 aromatic heterocycles. The maximum atomic E-state index is 4.24. The summed E-state index contributed by atoms with van der Waals surface area (Å²) in [5, 5.41) is 3.36. The molecular weight excluding hydrogens is 184 g/mol. The lowest BCUT2D eigenvalue weighted by Crippen LogP contribution is -2.16. The molecule has 0 aliphatic carbocycles. The van der Waals surface area contributed by atoms with Crippen LogP contribution in [0.25, 0.3) is 0 Å². The van der Waals surface area contributed by atoms with Gasteiger partial charge < -0.3 is 5.32 Å². The molecule has 0 amide bonds. The highest BCUT2D eigenvalue weighted by Crippen LogP contribution is 2.19. The molecule has 2 heteroatoms. The van der Waals surface area contributed by atoms with Crippen LogP contribution in [-0.4, -0.2) is 12.0 Å². The third kappa shape index (κ3) is 4.00. The van der Waals surface area contributed by atoms with Gasteiger partial charge in [-0.25, -0.2) is 0 Å². The Balaban J connectivity index is 2.57. The summed E-state index contributed by atoms with van der Waals surface area (Å²) < 4.78 is 0. The first kappa shape index (κ1) is 12.2. The lowest BCUT2D eigenvalue weighted by Gasteiger charge is -2.16. The molecule has 0 aliphatic heterocycles. The van der Waals surface area contributed by atoms with Crippen LogP contribution in [0.2, 0.25) is 0 Å². The van der Waals surface area contributed by atoms with E-state index in [2.05, 4.69) is 30.2 Å². The van der Waals surface area contributed by atoms with Gasteiger partial charge in [0.1, 0.15) is 0 Å². The first-order valence-electron chi connectivity index (χ1n) is 5.86. The van der Waals surface area contributed by atoms with Crippen molar-refractivity contribution in [2.45, 2.75) is 45.6 Å². The zero-order valence-corrected chi connectivity index (χ0v) is 10.1. The van der Waals surface area contributed by atoms with Crippen LogP contribution in [-0.2, 0) is 0 Å². The maximum Gasteiger partial charge on any atom is 0.0332 e. The van der Waals surface area contributed by atoms with Gasteiger partial charge in [-0.15, -0.1) is 0 Å². The van der Waals surface area contributed by atoms with Gasteiger partial charge in [0.15, 0.2) is 0 Å². The van der Waals surface area contributed by atoms with Gasteiger partial charge >= 0.3 is 0 Å². The van der Waals surface area contributed by atoms with Crippen LogP contribution in [0, 0.1) is 6.92 Å². The average Bonchev–Trinajstić information content (AvgIpc) is 2.24. The molecule has 0 saturated carbocycles. The van der Waals surface area contributed by atoms with Gasteiger partial charge in [-0.1, -0.05) is 32.3 Å². The Hall–Kier alpha value is -0.890. The number of hydrogen-bond donors (Lipinski definition) is 1. The molecule has 0 aliphatic rings. The largest absolute Gasteiger partial charge is 0.313 e. The topological polar surface area (TPSA) is 24.9 Å². The minimum Gasteiger partial charge on any atom is -0.313 e. The Morgan fingerprint density at radius 3 is 2.73 bits per heavy atom. The summed E-state index contributed by atoms with van der Waals surface area (Å²) >= 11 is 0. The molecule has 0 bridgehead atoms. The average molecular weight is 206 g/mol. The molecular formula is C13H22N2. The summed E-state index contributed by atoms with van der Waals surface area (Å²) in [7, 11) is 2.03. The summed E-state index contributed by atoms with van der Waals surface area (Å²) in [5.74, 6) is 0. The Morgan fingerprint density at radius 1 is 1.33 bits per heavy atom. The zero-order valence-electron chi connectivity index (χ0n) is 10.1. The molecule has 0 aromatic carbocycles. The standard InChI is InChI=1S/C13H22N2/c1-4-5-6-7-13(14-3)12-8-11(2)9-15-10-12/h8-10,13-14H,4-7H2,1-3H3. The van der Waals surface area contributed by atoms with Gasteiger partial charge in [0, 0.05) is 18.4 Å². The molecule has 1 heterocycles. The lowest BCUT2D eigenvalue weighted by atomic mass is 10.0. The molecule has 1 atom stereocenters. The van der Waals surface area contributed by atoms with Gasteiger partial charge in [0.25, 0.3) is 0 Å². The van der Waals surface area contributed by atoms with E-state index < -0.39 is 0 Å². The van der Waals surface area contributed by atoms with Crippen LogP contribution in [0.5, 0.6) is 0 Å². The fourth-order valence-corrected chi connectivity index (χ4v) is 1.85. The van der Waals surface area contributed by atoms with E-state index in [1.165, 1.54) is 36.8 Å². The van der Waals surface area contributed by atoms with Gasteiger partial charge in [-0.3, -0.25) is 4.98 Å². The fraction of sp³-hybridized carbons (Fsp3) is 0.615. The van der Waals surface area contributed by atoms with E-state index in [1.807, 2.05) is 19.4 Å². The second-order valence-corrected chi connectivity index (χ2v) is 4.13. The Kier molecular flexibility index (Phi) is 5.33. The van der Waals surface area contributed by atoms with E-state index in [0.29, 0.717) is 6.04 Å². The van der Waals surface area contributed by atoms with Gasteiger partial charge in [0.2, 0.25) is 0 Å². The fourth-order valence-electron chi connectivity index (χ4n) is 1.85. The first-order chi connectivity index (χ1) is 7.27. The molecule has 0 radical (unpaired) electrons. The number of nitrogens with one attached hydrogen (secondary N) is 1. The predicted molar refractivity (Wildman–Crippen MR) is 64.9 cm³/mol. The van der Waals surface area contributed by atoms with Crippen LogP contribution in [0.15, 0.2) is 18.5 Å². The minimum absolute atomic E-state index is 0.462. The second-order valence-electron chi connectivity index (χ2n) is 4.13. The van der Waals surface area contributed by atoms with Crippen molar-refractivity contribution in [3.8, 4) is 0 Å². The second kappa shape index (κ2) is 6.57. The van der Waals surface area contributed by atoms with Crippen molar-refractivity contribution in [3.63, 3.8) is 0 Å². The predicted octanol–water partition coefficient (Wildman–Crippen LogP) is 3.23. The van der Waals surface area contributed by atoms with E-state index in [4.69, 9.17) is 0 Å². The molecule has 1 unspecified atom stereocenters. The monoisotopic (exact) mass is 206 g/mol. The van der Waals surface area contributed by atoms with Crippen molar-refractivity contribution >= 4 is 0 Å². The number of aromatic nitrogens is 1. The highest BCUT2D eigenvalue weighted by atomic mass is 14.9. The van der Waals surface area contributed by atoms with Gasteiger partial charge in [-0.05, 0) is 31.5 Å². The summed E-state index contributed by atoms with van der Waals surface area (Å²) in [5.41, 5.74) is 2.55. The molecule has 0 fully saturated rings. The highest BCUT2D eigenvalue weighted by molar-refractivity contribution is 5.19. The van der Waals surface area contributed by atoms with Crippen molar-refractivity contribution in [3.05, 3.63) is 29.6 Å². The summed E-state index contributed by atoms with van der Waals surface area (Å²) in [6.45, 7) is 4.33. The summed E-state index contributed by atoms with van der Waals surface area (Å²) in [4.78, 5) is 4.24. The van der Waals surface area contributed by atoms with Gasteiger partial charge in [0.05, 0.1) is 0 Å². The molecule has 1 N–H and O–H groups in total. The quantitative estimate of drug-likeness (QED) is 0.723. The number of nitrogens with zero attached hydrogens (tertiary/aromatic N) is 1. The summed E-state index contributed by atoms with van der Waals surface area (Å²) in [6, 6.07) is 2.68. The SMILES string of the molecule is CCCCCC(NC)c1cncc(C)c1. The van der Waals surface area contributed by atoms with Crippen LogP contribution < -0.4 is 5.32 Å². The number of rotatable bonds is 6. The Labute approximate surface area is 93.1 Å². The van der Waals surface area contributed by atoms with Gasteiger partial charge in [-0.2, -0.15) is 0 Å². The minimum atomic E-state index is 0.462. The van der Waals surface area contributed by atoms with E-state index in [1.54, 1.807) is 0 Å². The highest BCUT2D eigenvalue weighted by Gasteiger charge is 2.08. The smallest absolute Gasteiger partial charge is 0.0332 e. The number of hydrogen-bond acceptors (Lipinski definition) is 2. The molecule has 1 rings (SSSR count). The van der Waals surface area contributed by atoms with Crippen molar-refractivity contribution < 1.29 is 0 Å². The number of aryl methyl sites for hydroxylation is 1. The number of unbranched alkanes of at least 4 members (excludes halogenated alkanes) is 2. The number of pyridine rings is 1. The van der Waals surface area contributed by atoms with E-state index in [9.17, 15) is 0 Å². The van der Waals surface area contributed by atoms with E-state index >= 15 is 0 Å². The normalized spacial score (nSPS) is 12.7. The summed E-state index contributed by atoms with van der Waals surface area (Å²) in [6.07, 6.45) is 8.97. The van der Waals surface area contributed by atoms with Crippen LogP contribution >= 0.6 is 0 Å². The van der Waals surface area contributed by atoms with Crippen molar-refractivity contribution in [2.24, 2.45) is 0 Å². The lowest BCUT2D eigenvalue weighted by molar-refractivity contribution is 0.510. The molecule has 84 valence electrons. The van der Waals surface area contributed by atoms with Crippen molar-refractivity contribution in [1.29, 1.82) is 0 Å². The van der Waals surface area contributed by atoms with Crippen molar-refractivity contribution in [2.75, 3.05) is 7.05 Å². The van der Waals surface area contributed by atoms with Crippen LogP contribution in [0.3, 0.4) is 0 Å². The molecule has 15 heavy (non-hydrogen) atoms. The Bertz CT molecular complexity index is 284. The third-order valence-corrected chi connectivity index (χ3v) is 2.74. The molecule has 2 nitrogen and oxygen atoms in total. The van der Waals surface area contributed by atoms with Crippen molar-refractivity contribution in [1.82, 2.24) is 10.3 Å². The molecule has 1 aromatic rings. The van der Waals surface area contributed by atoms with E-state index in [0.717, 1.165) is 0 Å². The Morgan fingerprint density at radius 2 is 2.13 bits per heavy atom. The van der Waals surface area contributed by atoms with E-state index in [-0.39, 0.29) is 0 Å². The molecule has 0 saturated heterocycles.